The Hall–Kier alpha value is -3.41. The van der Waals surface area contributed by atoms with Crippen molar-refractivity contribution in [3.05, 3.63) is 74.7 Å². The second kappa shape index (κ2) is 10.1. The largest absolute Gasteiger partial charge is 0.483 e. The highest BCUT2D eigenvalue weighted by molar-refractivity contribution is 8.00. The number of thioether (sulfide) groups is 1. The molecule has 4 unspecified atom stereocenters. The van der Waals surface area contributed by atoms with Gasteiger partial charge in [-0.3, -0.25) is 24.1 Å². The van der Waals surface area contributed by atoms with Crippen molar-refractivity contribution in [1.29, 1.82) is 0 Å². The highest BCUT2D eigenvalue weighted by atomic mass is 32.2. The van der Waals surface area contributed by atoms with Crippen molar-refractivity contribution in [3.63, 3.8) is 0 Å². The van der Waals surface area contributed by atoms with Crippen LogP contribution in [0.2, 0.25) is 0 Å². The van der Waals surface area contributed by atoms with E-state index in [0.717, 1.165) is 21.9 Å². The van der Waals surface area contributed by atoms with Crippen LogP contribution in [0.25, 0.3) is 0 Å². The van der Waals surface area contributed by atoms with E-state index in [1.807, 2.05) is 54.6 Å². The fraction of sp³-hybridized carbons (Fsp3) is 0.419. The van der Waals surface area contributed by atoms with E-state index in [2.05, 4.69) is 4.98 Å². The summed E-state index contributed by atoms with van der Waals surface area (Å²) in [5.41, 5.74) is 1.54. The summed E-state index contributed by atoms with van der Waals surface area (Å²) < 4.78 is 11.6. The SMILES string of the molecule is O=C(COc1ccccc1[C@H]1c2sc(=O)[nH]c2SC2C1[C@H]1C[C@@H]2C2C(=O)N(c3ccccc3)C(=O)C21)N1CCOCC1. The number of carbonyl (C=O) groups excluding carboxylic acids is 3. The lowest BCUT2D eigenvalue weighted by Gasteiger charge is -2.43. The third-order valence-corrected chi connectivity index (χ3v) is 12.3. The molecule has 8 rings (SSSR count). The van der Waals surface area contributed by atoms with Gasteiger partial charge in [-0.15, -0.1) is 11.8 Å². The Morgan fingerprint density at radius 1 is 0.952 bits per heavy atom. The first-order valence-corrected chi connectivity index (χ1v) is 16.1. The average molecular weight is 604 g/mol. The molecule has 2 bridgehead atoms. The van der Waals surface area contributed by atoms with E-state index in [4.69, 9.17) is 9.47 Å². The molecule has 3 aliphatic heterocycles. The van der Waals surface area contributed by atoms with Gasteiger partial charge >= 0.3 is 4.87 Å². The number of morpholine rings is 1. The summed E-state index contributed by atoms with van der Waals surface area (Å²) in [7, 11) is 0. The molecular formula is C31H29N3O6S2. The number of carbonyl (C=O) groups is 3. The molecule has 1 N–H and O–H groups in total. The Morgan fingerprint density at radius 3 is 2.45 bits per heavy atom. The van der Waals surface area contributed by atoms with Crippen LogP contribution in [0.15, 0.2) is 64.4 Å². The Morgan fingerprint density at radius 2 is 1.67 bits per heavy atom. The number of nitrogens with one attached hydrogen (secondary N) is 1. The number of imide groups is 1. The Labute approximate surface area is 250 Å². The van der Waals surface area contributed by atoms with Gasteiger partial charge in [0.15, 0.2) is 6.61 Å². The van der Waals surface area contributed by atoms with E-state index in [9.17, 15) is 19.2 Å². The second-order valence-electron chi connectivity index (χ2n) is 11.6. The van der Waals surface area contributed by atoms with E-state index in [-0.39, 0.29) is 70.0 Å². The van der Waals surface area contributed by atoms with Crippen molar-refractivity contribution >= 4 is 46.5 Å². The van der Waals surface area contributed by atoms with Crippen molar-refractivity contribution < 1.29 is 23.9 Å². The average Bonchev–Trinajstić information content (AvgIpc) is 3.75. The molecule has 2 saturated heterocycles. The molecule has 2 saturated carbocycles. The van der Waals surface area contributed by atoms with Gasteiger partial charge in [0.2, 0.25) is 11.8 Å². The summed E-state index contributed by atoms with van der Waals surface area (Å²) >= 11 is 2.87. The Kier molecular flexibility index (Phi) is 6.31. The minimum atomic E-state index is -0.375. The summed E-state index contributed by atoms with van der Waals surface area (Å²) in [4.78, 5) is 60.3. The Balaban J connectivity index is 1.15. The number of benzene rings is 2. The zero-order valence-electron chi connectivity index (χ0n) is 22.6. The van der Waals surface area contributed by atoms with Gasteiger partial charge in [0, 0.05) is 34.7 Å². The molecule has 2 aliphatic carbocycles. The topological polar surface area (TPSA) is 109 Å². The number of anilines is 1. The minimum absolute atomic E-state index is 0.000974. The molecule has 4 heterocycles. The van der Waals surface area contributed by atoms with Gasteiger partial charge in [-0.1, -0.05) is 47.7 Å². The van der Waals surface area contributed by atoms with Gasteiger partial charge in [-0.05, 0) is 42.4 Å². The molecule has 9 nitrogen and oxygen atoms in total. The fourth-order valence-electron chi connectivity index (χ4n) is 8.11. The number of aromatic amines is 1. The molecule has 0 spiro atoms. The highest BCUT2D eigenvalue weighted by Gasteiger charge is 2.69. The van der Waals surface area contributed by atoms with Gasteiger partial charge < -0.3 is 19.4 Å². The molecule has 5 aliphatic rings. The van der Waals surface area contributed by atoms with Crippen molar-refractivity contribution in [1.82, 2.24) is 9.88 Å². The van der Waals surface area contributed by atoms with Crippen LogP contribution >= 0.6 is 23.1 Å². The van der Waals surface area contributed by atoms with Crippen LogP contribution in [0.4, 0.5) is 5.69 Å². The lowest BCUT2D eigenvalue weighted by Crippen LogP contribution is -2.43. The van der Waals surface area contributed by atoms with Crippen LogP contribution in [0.1, 0.15) is 22.8 Å². The lowest BCUT2D eigenvalue weighted by molar-refractivity contribution is -0.137. The van der Waals surface area contributed by atoms with E-state index < -0.39 is 0 Å². The molecule has 7 atom stereocenters. The summed E-state index contributed by atoms with van der Waals surface area (Å²) in [6.45, 7) is 2.06. The lowest BCUT2D eigenvalue weighted by atomic mass is 9.68. The fourth-order valence-corrected chi connectivity index (χ4v) is 11.0. The number of amides is 3. The molecule has 2 aromatic carbocycles. The van der Waals surface area contributed by atoms with Crippen LogP contribution < -0.4 is 14.5 Å². The summed E-state index contributed by atoms with van der Waals surface area (Å²) in [5, 5.41) is 0.922. The molecule has 3 aromatic rings. The number of thiazole rings is 1. The van der Waals surface area contributed by atoms with E-state index >= 15 is 0 Å². The number of aromatic nitrogens is 1. The molecule has 0 radical (unpaired) electrons. The highest BCUT2D eigenvalue weighted by Crippen LogP contribution is 2.69. The first-order valence-electron chi connectivity index (χ1n) is 14.4. The minimum Gasteiger partial charge on any atom is -0.483 e. The molecule has 216 valence electrons. The third-order valence-electron chi connectivity index (χ3n) is 9.71. The zero-order valence-corrected chi connectivity index (χ0v) is 24.3. The molecule has 11 heteroatoms. The van der Waals surface area contributed by atoms with Gasteiger partial charge in [-0.25, -0.2) is 0 Å². The second-order valence-corrected chi connectivity index (χ2v) is 13.8. The predicted octanol–water partition coefficient (Wildman–Crippen LogP) is 3.35. The van der Waals surface area contributed by atoms with E-state index in [1.165, 1.54) is 16.2 Å². The quantitative estimate of drug-likeness (QED) is 0.446. The maximum absolute atomic E-state index is 13.9. The maximum atomic E-state index is 13.9. The van der Waals surface area contributed by atoms with Crippen LogP contribution in [0, 0.1) is 29.6 Å². The molecule has 4 fully saturated rings. The number of para-hydroxylation sites is 2. The van der Waals surface area contributed by atoms with Crippen molar-refractivity contribution in [2.24, 2.45) is 29.6 Å². The third kappa shape index (κ3) is 3.93. The van der Waals surface area contributed by atoms with Gasteiger partial charge in [0.1, 0.15) is 5.75 Å². The molecule has 42 heavy (non-hydrogen) atoms. The smallest absolute Gasteiger partial charge is 0.305 e. The number of rotatable bonds is 5. The summed E-state index contributed by atoms with van der Waals surface area (Å²) in [6.07, 6.45) is 0.811. The summed E-state index contributed by atoms with van der Waals surface area (Å²) in [5.74, 6) is -0.509. The van der Waals surface area contributed by atoms with E-state index in [0.29, 0.717) is 37.7 Å². The maximum Gasteiger partial charge on any atom is 0.305 e. The van der Waals surface area contributed by atoms with Crippen LogP contribution in [-0.2, 0) is 19.1 Å². The van der Waals surface area contributed by atoms with E-state index in [1.54, 1.807) is 16.7 Å². The van der Waals surface area contributed by atoms with Gasteiger partial charge in [-0.2, -0.15) is 0 Å². The van der Waals surface area contributed by atoms with Crippen LogP contribution in [0.3, 0.4) is 0 Å². The monoisotopic (exact) mass is 603 g/mol. The van der Waals surface area contributed by atoms with Crippen molar-refractivity contribution in [3.8, 4) is 5.75 Å². The van der Waals surface area contributed by atoms with Gasteiger partial charge in [0.25, 0.3) is 5.91 Å². The predicted molar refractivity (Wildman–Crippen MR) is 157 cm³/mol. The first kappa shape index (κ1) is 26.2. The normalized spacial score (nSPS) is 31.2. The zero-order chi connectivity index (χ0) is 28.5. The molecule has 1 aromatic heterocycles. The number of nitrogens with zero attached hydrogens (tertiary/aromatic N) is 2. The Bertz CT molecular complexity index is 1630. The van der Waals surface area contributed by atoms with Crippen LogP contribution in [-0.4, -0.2) is 65.8 Å². The number of hydrogen-bond donors (Lipinski definition) is 1. The van der Waals surface area contributed by atoms with Gasteiger partial charge in [0.05, 0.1) is 35.8 Å². The summed E-state index contributed by atoms with van der Waals surface area (Å²) in [6, 6.07) is 16.9. The number of hydrogen-bond acceptors (Lipinski definition) is 8. The van der Waals surface area contributed by atoms with Crippen molar-refractivity contribution in [2.75, 3.05) is 37.8 Å². The number of ether oxygens (including phenoxy) is 2. The molecular weight excluding hydrogens is 574 g/mol. The first-order chi connectivity index (χ1) is 20.5. The molecule has 3 amide bonds. The van der Waals surface area contributed by atoms with Crippen LogP contribution in [0.5, 0.6) is 5.75 Å². The standard InChI is InChI=1S/C31H29N3O6S2/c35-21(33-10-12-39-13-11-33)15-40-20-9-5-4-8-17(20)22-23-18-14-19(26(23)41-28-27(22)42-31(38)32-28)25-24(18)29(36)34(30(25)37)16-6-2-1-3-7-16/h1-9,18-19,22-26H,10-15H2,(H,32,38)/t18-,19-,22-,23?,24?,25?,26?/m1/s1. The number of H-pyrrole nitrogens is 1. The number of fused-ring (bicyclic) bond motifs is 9. The van der Waals surface area contributed by atoms with Crippen molar-refractivity contribution in [2.45, 2.75) is 22.6 Å².